The summed E-state index contributed by atoms with van der Waals surface area (Å²) in [7, 11) is 1.59. The van der Waals surface area contributed by atoms with E-state index in [1.54, 1.807) is 31.4 Å². The number of aromatic nitrogens is 1. The van der Waals surface area contributed by atoms with Gasteiger partial charge >= 0.3 is 5.97 Å². The monoisotopic (exact) mass is 379 g/mol. The van der Waals surface area contributed by atoms with E-state index in [4.69, 9.17) is 9.47 Å². The molecule has 7 nitrogen and oxygen atoms in total. The highest BCUT2D eigenvalue weighted by atomic mass is 16.5. The Bertz CT molecular complexity index is 998. The van der Waals surface area contributed by atoms with Crippen molar-refractivity contribution in [3.8, 4) is 5.75 Å². The summed E-state index contributed by atoms with van der Waals surface area (Å²) in [6.45, 7) is 3.19. The summed E-state index contributed by atoms with van der Waals surface area (Å²) in [4.78, 5) is 18.5. The lowest BCUT2D eigenvalue weighted by molar-refractivity contribution is 0.0698. The molecule has 2 heterocycles. The van der Waals surface area contributed by atoms with E-state index >= 15 is 0 Å². The van der Waals surface area contributed by atoms with E-state index in [0.29, 0.717) is 17.1 Å². The SMILES string of the molecule is COc1ccc2cc(C(=O)O)c(Nc3ccc(N4CCOCC4)cc3)nc2c1. The van der Waals surface area contributed by atoms with Crippen LogP contribution in [0.15, 0.2) is 48.5 Å². The number of fused-ring (bicyclic) bond motifs is 1. The predicted molar refractivity (Wildman–Crippen MR) is 108 cm³/mol. The van der Waals surface area contributed by atoms with Gasteiger partial charge in [-0.3, -0.25) is 0 Å². The van der Waals surface area contributed by atoms with Crippen LogP contribution in [0.4, 0.5) is 17.2 Å². The second kappa shape index (κ2) is 7.74. The number of hydrogen-bond donors (Lipinski definition) is 2. The minimum absolute atomic E-state index is 0.120. The normalized spacial score (nSPS) is 14.1. The number of ether oxygens (including phenoxy) is 2. The van der Waals surface area contributed by atoms with Gasteiger partial charge in [0.05, 0.1) is 25.8 Å². The number of carboxylic acid groups (broad SMARTS) is 1. The zero-order valence-corrected chi connectivity index (χ0v) is 15.5. The number of pyridine rings is 1. The third-order valence-electron chi connectivity index (χ3n) is 4.76. The van der Waals surface area contributed by atoms with E-state index in [1.807, 2.05) is 24.3 Å². The fourth-order valence-electron chi connectivity index (χ4n) is 3.25. The van der Waals surface area contributed by atoms with Gasteiger partial charge in [-0.25, -0.2) is 9.78 Å². The molecule has 1 saturated heterocycles. The van der Waals surface area contributed by atoms with Gasteiger partial charge in [0.2, 0.25) is 0 Å². The maximum Gasteiger partial charge on any atom is 0.339 e. The van der Waals surface area contributed by atoms with Gasteiger partial charge in [-0.1, -0.05) is 0 Å². The van der Waals surface area contributed by atoms with Gasteiger partial charge in [-0.05, 0) is 42.5 Å². The summed E-state index contributed by atoms with van der Waals surface area (Å²) < 4.78 is 10.6. The number of anilines is 3. The smallest absolute Gasteiger partial charge is 0.339 e. The van der Waals surface area contributed by atoms with E-state index in [0.717, 1.165) is 43.1 Å². The molecule has 0 saturated carbocycles. The summed E-state index contributed by atoms with van der Waals surface area (Å²) in [6, 6.07) is 14.9. The van der Waals surface area contributed by atoms with Crippen LogP contribution in [0.1, 0.15) is 10.4 Å². The molecule has 4 rings (SSSR count). The van der Waals surface area contributed by atoms with E-state index in [-0.39, 0.29) is 5.56 Å². The Labute approximate surface area is 162 Å². The molecule has 0 radical (unpaired) electrons. The van der Waals surface area contributed by atoms with Gasteiger partial charge < -0.3 is 24.8 Å². The first-order valence-electron chi connectivity index (χ1n) is 9.06. The fourth-order valence-corrected chi connectivity index (χ4v) is 3.25. The second-order valence-electron chi connectivity index (χ2n) is 6.52. The van der Waals surface area contributed by atoms with Gasteiger partial charge in [-0.2, -0.15) is 0 Å². The highest BCUT2D eigenvalue weighted by molar-refractivity contribution is 5.99. The molecule has 7 heteroatoms. The van der Waals surface area contributed by atoms with Crippen molar-refractivity contribution in [1.82, 2.24) is 4.98 Å². The van der Waals surface area contributed by atoms with Crippen LogP contribution in [0.5, 0.6) is 5.75 Å². The van der Waals surface area contributed by atoms with Crippen molar-refractivity contribution in [2.24, 2.45) is 0 Å². The highest BCUT2D eigenvalue weighted by Crippen LogP contribution is 2.27. The largest absolute Gasteiger partial charge is 0.497 e. The number of nitrogens with one attached hydrogen (secondary N) is 1. The van der Waals surface area contributed by atoms with Crippen molar-refractivity contribution in [2.45, 2.75) is 0 Å². The third kappa shape index (κ3) is 3.70. The number of nitrogens with zero attached hydrogens (tertiary/aromatic N) is 2. The molecule has 2 aromatic carbocycles. The summed E-state index contributed by atoms with van der Waals surface area (Å²) in [6.07, 6.45) is 0. The highest BCUT2D eigenvalue weighted by Gasteiger charge is 2.15. The summed E-state index contributed by atoms with van der Waals surface area (Å²) in [5.74, 6) is -0.0612. The zero-order valence-electron chi connectivity index (χ0n) is 15.5. The standard InChI is InChI=1S/C21H21N3O4/c1-27-17-7-2-14-12-18(21(25)26)20(23-19(14)13-17)22-15-3-5-16(6-4-15)24-8-10-28-11-9-24/h2-7,12-13H,8-11H2,1H3,(H,22,23)(H,25,26). The number of morpholine rings is 1. The van der Waals surface area contributed by atoms with Gasteiger partial charge in [-0.15, -0.1) is 0 Å². The van der Waals surface area contributed by atoms with Crippen molar-refractivity contribution in [3.63, 3.8) is 0 Å². The molecule has 28 heavy (non-hydrogen) atoms. The van der Waals surface area contributed by atoms with E-state index in [1.165, 1.54) is 0 Å². The molecule has 1 aliphatic rings. The molecule has 1 aromatic heterocycles. The molecule has 0 bridgehead atoms. The lowest BCUT2D eigenvalue weighted by Crippen LogP contribution is -2.36. The van der Waals surface area contributed by atoms with E-state index in [2.05, 4.69) is 15.2 Å². The molecule has 1 aliphatic heterocycles. The molecular formula is C21H21N3O4. The first kappa shape index (κ1) is 18.1. The van der Waals surface area contributed by atoms with Crippen molar-refractivity contribution < 1.29 is 19.4 Å². The Morgan fingerprint density at radius 1 is 1.14 bits per heavy atom. The first-order valence-corrected chi connectivity index (χ1v) is 9.06. The molecule has 1 fully saturated rings. The Balaban J connectivity index is 1.63. The lowest BCUT2D eigenvalue weighted by atomic mass is 10.1. The average molecular weight is 379 g/mol. The Morgan fingerprint density at radius 3 is 2.57 bits per heavy atom. The van der Waals surface area contributed by atoms with Gasteiger partial charge in [0.1, 0.15) is 17.1 Å². The molecule has 144 valence electrons. The average Bonchev–Trinajstić information content (AvgIpc) is 2.74. The summed E-state index contributed by atoms with van der Waals surface area (Å²) >= 11 is 0. The number of benzene rings is 2. The van der Waals surface area contributed by atoms with Crippen LogP contribution < -0.4 is 15.0 Å². The minimum Gasteiger partial charge on any atom is -0.497 e. The van der Waals surface area contributed by atoms with Gasteiger partial charge in [0.15, 0.2) is 0 Å². The molecule has 0 spiro atoms. The predicted octanol–water partition coefficient (Wildman–Crippen LogP) is 3.52. The molecule has 2 N–H and O–H groups in total. The topological polar surface area (TPSA) is 83.9 Å². The fraction of sp³-hybridized carbons (Fsp3) is 0.238. The van der Waals surface area contributed by atoms with Crippen LogP contribution >= 0.6 is 0 Å². The number of hydrogen-bond acceptors (Lipinski definition) is 6. The van der Waals surface area contributed by atoms with Crippen LogP contribution in [-0.4, -0.2) is 49.5 Å². The third-order valence-corrected chi connectivity index (χ3v) is 4.76. The summed E-state index contributed by atoms with van der Waals surface area (Å²) in [5.41, 5.74) is 2.67. The Kier molecular flexibility index (Phi) is 4.99. The second-order valence-corrected chi connectivity index (χ2v) is 6.52. The van der Waals surface area contributed by atoms with Crippen molar-refractivity contribution in [3.05, 3.63) is 54.1 Å². The molecule has 0 atom stereocenters. The van der Waals surface area contributed by atoms with Crippen molar-refractivity contribution >= 4 is 34.1 Å². The molecular weight excluding hydrogens is 358 g/mol. The van der Waals surface area contributed by atoms with Crippen LogP contribution in [0, 0.1) is 0 Å². The quantitative estimate of drug-likeness (QED) is 0.702. The van der Waals surface area contributed by atoms with Gasteiger partial charge in [0.25, 0.3) is 0 Å². The molecule has 0 aliphatic carbocycles. The van der Waals surface area contributed by atoms with E-state index < -0.39 is 5.97 Å². The number of carboxylic acids is 1. The van der Waals surface area contributed by atoms with Crippen LogP contribution in [0.25, 0.3) is 10.9 Å². The molecule has 3 aromatic rings. The molecule has 0 unspecified atom stereocenters. The van der Waals surface area contributed by atoms with Crippen molar-refractivity contribution in [2.75, 3.05) is 43.6 Å². The van der Waals surface area contributed by atoms with E-state index in [9.17, 15) is 9.90 Å². The number of rotatable bonds is 5. The Morgan fingerprint density at radius 2 is 1.89 bits per heavy atom. The lowest BCUT2D eigenvalue weighted by Gasteiger charge is -2.28. The summed E-state index contributed by atoms with van der Waals surface area (Å²) in [5, 5.41) is 13.5. The van der Waals surface area contributed by atoms with Crippen LogP contribution in [0.2, 0.25) is 0 Å². The maximum absolute atomic E-state index is 11.7. The Hall–Kier alpha value is -3.32. The number of methoxy groups -OCH3 is 1. The number of aromatic carboxylic acids is 1. The molecule has 0 amide bonds. The zero-order chi connectivity index (χ0) is 19.5. The first-order chi connectivity index (χ1) is 13.6. The van der Waals surface area contributed by atoms with Crippen molar-refractivity contribution in [1.29, 1.82) is 0 Å². The van der Waals surface area contributed by atoms with Crippen LogP contribution in [-0.2, 0) is 4.74 Å². The number of carbonyl (C=O) groups is 1. The van der Waals surface area contributed by atoms with Crippen LogP contribution in [0.3, 0.4) is 0 Å². The maximum atomic E-state index is 11.7. The van der Waals surface area contributed by atoms with Gasteiger partial charge in [0, 0.05) is 35.9 Å². The minimum atomic E-state index is -1.03.